The minimum atomic E-state index is -4.45. The first-order valence-corrected chi connectivity index (χ1v) is 7.98. The van der Waals surface area contributed by atoms with Gasteiger partial charge in [0.1, 0.15) is 5.75 Å². The molecule has 136 valence electrons. The van der Waals surface area contributed by atoms with E-state index in [2.05, 4.69) is 10.3 Å². The average Bonchev–Trinajstić information content (AvgIpc) is 2.89. The molecule has 0 bridgehead atoms. The molecular formula is C19H17F3N2O2. The van der Waals surface area contributed by atoms with Crippen molar-refractivity contribution in [2.45, 2.75) is 19.5 Å². The summed E-state index contributed by atoms with van der Waals surface area (Å²) in [7, 11) is 0. The third kappa shape index (κ3) is 4.17. The Bertz CT molecular complexity index is 932. The number of aryl methyl sites for hydroxylation is 1. The third-order valence-electron chi connectivity index (χ3n) is 3.92. The van der Waals surface area contributed by atoms with Crippen LogP contribution in [0, 0.1) is 6.92 Å². The fourth-order valence-corrected chi connectivity index (χ4v) is 2.77. The molecule has 0 unspecified atom stereocenters. The van der Waals surface area contributed by atoms with Crippen molar-refractivity contribution in [2.24, 2.45) is 0 Å². The van der Waals surface area contributed by atoms with Crippen molar-refractivity contribution in [3.8, 4) is 5.75 Å². The van der Waals surface area contributed by atoms with Crippen LogP contribution in [-0.4, -0.2) is 23.7 Å². The number of hydrogen-bond acceptors (Lipinski definition) is 2. The van der Waals surface area contributed by atoms with Gasteiger partial charge in [-0.1, -0.05) is 30.3 Å². The summed E-state index contributed by atoms with van der Waals surface area (Å²) >= 11 is 0. The molecule has 0 spiro atoms. The molecule has 1 aromatic heterocycles. The van der Waals surface area contributed by atoms with Gasteiger partial charge in [-0.15, -0.1) is 0 Å². The molecule has 2 N–H and O–H groups in total. The van der Waals surface area contributed by atoms with E-state index in [0.717, 1.165) is 22.2 Å². The Kier molecular flexibility index (Phi) is 4.88. The van der Waals surface area contributed by atoms with Crippen LogP contribution in [0.25, 0.3) is 10.9 Å². The van der Waals surface area contributed by atoms with Gasteiger partial charge >= 0.3 is 6.18 Å². The Morgan fingerprint density at radius 1 is 1.12 bits per heavy atom. The molecule has 0 saturated carbocycles. The van der Waals surface area contributed by atoms with Crippen LogP contribution in [0.15, 0.2) is 48.5 Å². The predicted molar refractivity (Wildman–Crippen MR) is 93.4 cm³/mol. The van der Waals surface area contributed by atoms with Crippen LogP contribution in [0.5, 0.6) is 5.75 Å². The first-order valence-electron chi connectivity index (χ1n) is 7.98. The zero-order chi connectivity index (χ0) is 18.7. The van der Waals surface area contributed by atoms with E-state index in [1.54, 1.807) is 12.1 Å². The number of para-hydroxylation sites is 3. The number of amides is 1. The van der Waals surface area contributed by atoms with E-state index in [-0.39, 0.29) is 23.8 Å². The first kappa shape index (κ1) is 17.8. The zero-order valence-electron chi connectivity index (χ0n) is 14.0. The Morgan fingerprint density at radius 2 is 1.81 bits per heavy atom. The molecule has 4 nitrogen and oxygen atoms in total. The van der Waals surface area contributed by atoms with Gasteiger partial charge in [-0.05, 0) is 30.7 Å². The first-order chi connectivity index (χ1) is 12.3. The molecule has 0 atom stereocenters. The summed E-state index contributed by atoms with van der Waals surface area (Å²) in [5.74, 6) is -0.352. The topological polar surface area (TPSA) is 54.1 Å². The second-order valence-electron chi connectivity index (χ2n) is 5.90. The lowest BCUT2D eigenvalue weighted by atomic mass is 10.1. The number of nitrogens with one attached hydrogen (secondary N) is 2. The number of benzene rings is 2. The van der Waals surface area contributed by atoms with Crippen molar-refractivity contribution in [3.05, 3.63) is 59.8 Å². The van der Waals surface area contributed by atoms with Crippen LogP contribution < -0.4 is 10.1 Å². The van der Waals surface area contributed by atoms with Crippen molar-refractivity contribution in [2.75, 3.05) is 11.9 Å². The summed E-state index contributed by atoms with van der Waals surface area (Å²) in [6.45, 7) is 0.463. The number of halogens is 3. The lowest BCUT2D eigenvalue weighted by Crippen LogP contribution is -2.20. The Hall–Kier alpha value is -2.96. The van der Waals surface area contributed by atoms with Crippen molar-refractivity contribution in [3.63, 3.8) is 0 Å². The van der Waals surface area contributed by atoms with E-state index in [9.17, 15) is 18.0 Å². The monoisotopic (exact) mass is 362 g/mol. The van der Waals surface area contributed by atoms with Gasteiger partial charge in [0.15, 0.2) is 6.61 Å². The molecule has 2 aromatic carbocycles. The van der Waals surface area contributed by atoms with Gasteiger partial charge < -0.3 is 15.0 Å². The number of hydrogen-bond donors (Lipinski definition) is 2. The Morgan fingerprint density at radius 3 is 2.58 bits per heavy atom. The number of anilines is 1. The van der Waals surface area contributed by atoms with Crippen LogP contribution in [0.3, 0.4) is 0 Å². The van der Waals surface area contributed by atoms with E-state index < -0.39 is 12.8 Å². The maximum atomic E-state index is 12.4. The normalized spacial score (nSPS) is 11.5. The van der Waals surface area contributed by atoms with Crippen LogP contribution in [0.4, 0.5) is 18.9 Å². The Balaban J connectivity index is 1.75. The molecule has 0 fully saturated rings. The third-order valence-corrected chi connectivity index (χ3v) is 3.92. The van der Waals surface area contributed by atoms with E-state index >= 15 is 0 Å². The SMILES string of the molecule is Cc1[nH]c2ccccc2c1CC(=O)Nc1ccccc1OCC(F)(F)F. The molecule has 0 aliphatic heterocycles. The van der Waals surface area contributed by atoms with Gasteiger partial charge in [-0.2, -0.15) is 13.2 Å². The van der Waals surface area contributed by atoms with Crippen LogP contribution in [0.1, 0.15) is 11.3 Å². The lowest BCUT2D eigenvalue weighted by molar-refractivity contribution is -0.153. The number of ether oxygens (including phenoxy) is 1. The highest BCUT2D eigenvalue weighted by molar-refractivity contribution is 5.97. The van der Waals surface area contributed by atoms with E-state index in [4.69, 9.17) is 4.74 Å². The van der Waals surface area contributed by atoms with Crippen molar-refractivity contribution < 1.29 is 22.7 Å². The number of alkyl halides is 3. The summed E-state index contributed by atoms with van der Waals surface area (Å²) in [6.07, 6.45) is -4.35. The summed E-state index contributed by atoms with van der Waals surface area (Å²) in [6, 6.07) is 13.7. The van der Waals surface area contributed by atoms with Crippen LogP contribution in [0.2, 0.25) is 0 Å². The fraction of sp³-hybridized carbons (Fsp3) is 0.211. The maximum absolute atomic E-state index is 12.4. The molecule has 3 rings (SSSR count). The number of aromatic amines is 1. The number of rotatable bonds is 5. The van der Waals surface area contributed by atoms with Crippen molar-refractivity contribution in [1.82, 2.24) is 4.98 Å². The highest BCUT2D eigenvalue weighted by atomic mass is 19.4. The summed E-state index contributed by atoms with van der Waals surface area (Å²) in [5, 5.41) is 3.58. The molecular weight excluding hydrogens is 345 g/mol. The highest BCUT2D eigenvalue weighted by Gasteiger charge is 2.29. The fourth-order valence-electron chi connectivity index (χ4n) is 2.77. The minimum absolute atomic E-state index is 0.0196. The van der Waals surface area contributed by atoms with Gasteiger partial charge in [0.25, 0.3) is 0 Å². The quantitative estimate of drug-likeness (QED) is 0.697. The lowest BCUT2D eigenvalue weighted by Gasteiger charge is -2.13. The van der Waals surface area contributed by atoms with E-state index in [0.29, 0.717) is 0 Å². The molecule has 1 amide bonds. The van der Waals surface area contributed by atoms with Crippen LogP contribution >= 0.6 is 0 Å². The summed E-state index contributed by atoms with van der Waals surface area (Å²) in [4.78, 5) is 15.6. The van der Waals surface area contributed by atoms with E-state index in [1.165, 1.54) is 12.1 Å². The molecule has 7 heteroatoms. The van der Waals surface area contributed by atoms with Crippen molar-refractivity contribution in [1.29, 1.82) is 0 Å². The summed E-state index contributed by atoms with van der Waals surface area (Å²) in [5.41, 5.74) is 2.87. The number of fused-ring (bicyclic) bond motifs is 1. The number of carbonyl (C=O) groups is 1. The number of aromatic nitrogens is 1. The molecule has 1 heterocycles. The zero-order valence-corrected chi connectivity index (χ0v) is 14.0. The second kappa shape index (κ2) is 7.11. The molecule has 26 heavy (non-hydrogen) atoms. The molecule has 0 saturated heterocycles. The Labute approximate surface area is 148 Å². The summed E-state index contributed by atoms with van der Waals surface area (Å²) < 4.78 is 41.9. The minimum Gasteiger partial charge on any atom is -0.482 e. The predicted octanol–water partition coefficient (Wildman–Crippen LogP) is 4.60. The largest absolute Gasteiger partial charge is 0.482 e. The average molecular weight is 362 g/mol. The smallest absolute Gasteiger partial charge is 0.422 e. The van der Waals surface area contributed by atoms with Gasteiger partial charge in [0.2, 0.25) is 5.91 Å². The standard InChI is InChI=1S/C19H17F3N2O2/c1-12-14(13-6-2-3-7-15(13)23-12)10-18(25)24-16-8-4-5-9-17(16)26-11-19(20,21)22/h2-9,23H,10-11H2,1H3,(H,24,25). The van der Waals surface area contributed by atoms with Gasteiger partial charge in [-0.25, -0.2) is 0 Å². The van der Waals surface area contributed by atoms with Crippen molar-refractivity contribution >= 4 is 22.5 Å². The van der Waals surface area contributed by atoms with Gasteiger partial charge in [0, 0.05) is 16.6 Å². The van der Waals surface area contributed by atoms with Crippen LogP contribution in [-0.2, 0) is 11.2 Å². The number of H-pyrrole nitrogens is 1. The molecule has 0 aliphatic carbocycles. The molecule has 3 aromatic rings. The maximum Gasteiger partial charge on any atom is 0.422 e. The van der Waals surface area contributed by atoms with Gasteiger partial charge in [0.05, 0.1) is 12.1 Å². The number of carbonyl (C=O) groups excluding carboxylic acids is 1. The second-order valence-corrected chi connectivity index (χ2v) is 5.90. The highest BCUT2D eigenvalue weighted by Crippen LogP contribution is 2.27. The molecule has 0 aliphatic rings. The molecule has 0 radical (unpaired) electrons. The van der Waals surface area contributed by atoms with Gasteiger partial charge in [-0.3, -0.25) is 4.79 Å². The van der Waals surface area contributed by atoms with E-state index in [1.807, 2.05) is 31.2 Å².